The van der Waals surface area contributed by atoms with E-state index < -0.39 is 0 Å². The highest BCUT2D eigenvalue weighted by molar-refractivity contribution is 6.02. The van der Waals surface area contributed by atoms with E-state index in [0.717, 1.165) is 16.8 Å². The van der Waals surface area contributed by atoms with Crippen LogP contribution in [0.1, 0.15) is 31.9 Å². The largest absolute Gasteiger partial charge is 0.493 e. The molecule has 2 rings (SSSR count). The van der Waals surface area contributed by atoms with E-state index in [9.17, 15) is 4.79 Å². The Morgan fingerprint density at radius 1 is 1.15 bits per heavy atom. The Labute approximate surface area is 161 Å². The highest BCUT2D eigenvalue weighted by Crippen LogP contribution is 2.29. The molecule has 0 unspecified atom stereocenters. The maximum absolute atomic E-state index is 12.3. The highest BCUT2D eigenvalue weighted by Gasteiger charge is 2.07. The van der Waals surface area contributed by atoms with Gasteiger partial charge in [-0.1, -0.05) is 24.3 Å². The summed E-state index contributed by atoms with van der Waals surface area (Å²) in [6.45, 7) is 6.95. The van der Waals surface area contributed by atoms with Crippen LogP contribution in [0.5, 0.6) is 11.5 Å². The van der Waals surface area contributed by atoms with Crippen molar-refractivity contribution in [3.05, 3.63) is 59.7 Å². The van der Waals surface area contributed by atoms with E-state index in [1.54, 1.807) is 13.2 Å². The predicted octanol–water partition coefficient (Wildman–Crippen LogP) is 4.67. The lowest BCUT2D eigenvalue weighted by atomic mass is 10.1. The molecular weight excluding hydrogens is 342 g/mol. The number of hydrogen-bond donors (Lipinski definition) is 1. The molecule has 0 fully saturated rings. The molecule has 0 aliphatic rings. The molecule has 0 aliphatic heterocycles. The average molecular weight is 369 g/mol. The number of amides is 1. The van der Waals surface area contributed by atoms with Crippen LogP contribution in [0.15, 0.2) is 48.5 Å². The number of anilines is 1. The van der Waals surface area contributed by atoms with Gasteiger partial charge in [-0.05, 0) is 50.6 Å². The van der Waals surface area contributed by atoms with Crippen molar-refractivity contribution >= 4 is 17.7 Å². The van der Waals surface area contributed by atoms with Crippen molar-refractivity contribution in [2.24, 2.45) is 0 Å². The molecule has 0 bridgehead atoms. The molecule has 0 aromatic heterocycles. The quantitative estimate of drug-likeness (QED) is 0.653. The molecule has 0 aliphatic carbocycles. The first-order valence-electron chi connectivity index (χ1n) is 9.03. The Hall–Kier alpha value is -2.79. The number of carbonyl (C=O) groups excluding carboxylic acids is 1. The number of hydrogen-bond acceptors (Lipinski definition) is 4. The van der Waals surface area contributed by atoms with Gasteiger partial charge in [0.2, 0.25) is 5.91 Å². The number of carbonyl (C=O) groups is 1. The van der Waals surface area contributed by atoms with Crippen molar-refractivity contribution in [2.75, 3.05) is 19.0 Å². The van der Waals surface area contributed by atoms with E-state index in [2.05, 4.69) is 5.32 Å². The van der Waals surface area contributed by atoms with Crippen LogP contribution in [0.25, 0.3) is 6.08 Å². The van der Waals surface area contributed by atoms with Gasteiger partial charge in [-0.25, -0.2) is 0 Å². The fourth-order valence-corrected chi connectivity index (χ4v) is 2.47. The molecule has 0 atom stereocenters. The van der Waals surface area contributed by atoms with E-state index in [0.29, 0.717) is 24.7 Å². The molecule has 27 heavy (non-hydrogen) atoms. The third-order valence-corrected chi connectivity index (χ3v) is 3.71. The number of benzene rings is 2. The van der Waals surface area contributed by atoms with Crippen LogP contribution in [-0.4, -0.2) is 25.7 Å². The highest BCUT2D eigenvalue weighted by atomic mass is 16.5. The summed E-state index contributed by atoms with van der Waals surface area (Å²) in [6, 6.07) is 13.2. The summed E-state index contributed by atoms with van der Waals surface area (Å²) in [5, 5.41) is 2.89. The molecule has 5 heteroatoms. The van der Waals surface area contributed by atoms with Crippen LogP contribution in [0.3, 0.4) is 0 Å². The summed E-state index contributed by atoms with van der Waals surface area (Å²) >= 11 is 0. The summed E-state index contributed by atoms with van der Waals surface area (Å²) in [5.41, 5.74) is 2.54. The van der Waals surface area contributed by atoms with E-state index in [1.807, 2.05) is 63.2 Å². The maximum atomic E-state index is 12.3. The fraction of sp³-hybridized carbons (Fsp3) is 0.318. The summed E-state index contributed by atoms with van der Waals surface area (Å²) in [5.74, 6) is 1.10. The van der Waals surface area contributed by atoms with Gasteiger partial charge in [-0.2, -0.15) is 0 Å². The second-order valence-corrected chi connectivity index (χ2v) is 6.19. The third-order valence-electron chi connectivity index (χ3n) is 3.71. The Morgan fingerprint density at radius 2 is 1.93 bits per heavy atom. The molecule has 1 N–H and O–H groups in total. The minimum absolute atomic E-state index is 0.0582. The maximum Gasteiger partial charge on any atom is 0.248 e. The molecular formula is C22H27NO4. The van der Waals surface area contributed by atoms with Crippen molar-refractivity contribution in [1.82, 2.24) is 0 Å². The monoisotopic (exact) mass is 369 g/mol. The summed E-state index contributed by atoms with van der Waals surface area (Å²) < 4.78 is 16.5. The minimum Gasteiger partial charge on any atom is -0.493 e. The molecule has 2 aromatic carbocycles. The SMILES string of the molecule is CCOCc1ccccc1NC(=O)/C=C/c1ccc(OC(C)C)c(OC)c1. The molecule has 0 spiro atoms. The normalized spacial score (nSPS) is 11.0. The van der Waals surface area contributed by atoms with Crippen LogP contribution in [-0.2, 0) is 16.1 Å². The lowest BCUT2D eigenvalue weighted by molar-refractivity contribution is -0.111. The van der Waals surface area contributed by atoms with Gasteiger partial charge in [0, 0.05) is 23.9 Å². The standard InChI is InChI=1S/C22H27NO4/c1-5-26-15-18-8-6-7-9-19(18)23-22(24)13-11-17-10-12-20(27-16(2)3)21(14-17)25-4/h6-14,16H,5,15H2,1-4H3,(H,23,24)/b13-11+. The van der Waals surface area contributed by atoms with Crippen molar-refractivity contribution in [1.29, 1.82) is 0 Å². The first-order valence-corrected chi connectivity index (χ1v) is 9.03. The van der Waals surface area contributed by atoms with Gasteiger partial charge in [0.15, 0.2) is 11.5 Å². The summed E-state index contributed by atoms with van der Waals surface area (Å²) in [6.07, 6.45) is 3.29. The Morgan fingerprint density at radius 3 is 2.63 bits per heavy atom. The van der Waals surface area contributed by atoms with Gasteiger partial charge in [-0.3, -0.25) is 4.79 Å². The zero-order chi connectivity index (χ0) is 19.6. The van der Waals surface area contributed by atoms with Crippen molar-refractivity contribution in [3.8, 4) is 11.5 Å². The average Bonchev–Trinajstić information content (AvgIpc) is 2.66. The topological polar surface area (TPSA) is 56.8 Å². The Kier molecular flexibility index (Phi) is 7.89. The molecule has 0 radical (unpaired) electrons. The fourth-order valence-electron chi connectivity index (χ4n) is 2.47. The molecule has 0 saturated carbocycles. The smallest absolute Gasteiger partial charge is 0.248 e. The lowest BCUT2D eigenvalue weighted by Gasteiger charge is -2.13. The van der Waals surface area contributed by atoms with E-state index in [4.69, 9.17) is 14.2 Å². The molecule has 5 nitrogen and oxygen atoms in total. The van der Waals surface area contributed by atoms with Gasteiger partial charge < -0.3 is 19.5 Å². The summed E-state index contributed by atoms with van der Waals surface area (Å²) in [4.78, 5) is 12.3. The third kappa shape index (κ3) is 6.46. The van der Waals surface area contributed by atoms with Crippen molar-refractivity contribution in [3.63, 3.8) is 0 Å². The van der Waals surface area contributed by atoms with Crippen LogP contribution >= 0.6 is 0 Å². The van der Waals surface area contributed by atoms with Gasteiger partial charge in [0.1, 0.15) is 0 Å². The first-order chi connectivity index (χ1) is 13.0. The molecule has 1 amide bonds. The Balaban J connectivity index is 2.06. The van der Waals surface area contributed by atoms with Gasteiger partial charge in [0.05, 0.1) is 19.8 Å². The van der Waals surface area contributed by atoms with Crippen LogP contribution in [0.2, 0.25) is 0 Å². The van der Waals surface area contributed by atoms with Crippen LogP contribution < -0.4 is 14.8 Å². The zero-order valence-electron chi connectivity index (χ0n) is 16.3. The van der Waals surface area contributed by atoms with E-state index in [1.165, 1.54) is 6.08 Å². The Bertz CT molecular complexity index is 784. The van der Waals surface area contributed by atoms with Gasteiger partial charge >= 0.3 is 0 Å². The predicted molar refractivity (Wildman–Crippen MR) is 108 cm³/mol. The number of methoxy groups -OCH3 is 1. The van der Waals surface area contributed by atoms with E-state index in [-0.39, 0.29) is 12.0 Å². The summed E-state index contributed by atoms with van der Waals surface area (Å²) in [7, 11) is 1.60. The molecule has 144 valence electrons. The van der Waals surface area contributed by atoms with E-state index >= 15 is 0 Å². The zero-order valence-corrected chi connectivity index (χ0v) is 16.3. The van der Waals surface area contributed by atoms with Crippen molar-refractivity contribution < 1.29 is 19.0 Å². The second kappa shape index (κ2) is 10.4. The number of ether oxygens (including phenoxy) is 3. The van der Waals surface area contributed by atoms with Crippen LogP contribution in [0, 0.1) is 0 Å². The molecule has 2 aromatic rings. The number of rotatable bonds is 9. The van der Waals surface area contributed by atoms with Gasteiger partial charge in [-0.15, -0.1) is 0 Å². The minimum atomic E-state index is -0.208. The molecule has 0 heterocycles. The van der Waals surface area contributed by atoms with Crippen LogP contribution in [0.4, 0.5) is 5.69 Å². The molecule has 0 saturated heterocycles. The first kappa shape index (κ1) is 20.5. The number of nitrogens with one attached hydrogen (secondary N) is 1. The second-order valence-electron chi connectivity index (χ2n) is 6.19. The number of para-hydroxylation sites is 1. The van der Waals surface area contributed by atoms with Gasteiger partial charge in [0.25, 0.3) is 0 Å². The lowest BCUT2D eigenvalue weighted by Crippen LogP contribution is -2.10. The van der Waals surface area contributed by atoms with Crippen molar-refractivity contribution in [2.45, 2.75) is 33.5 Å².